The highest BCUT2D eigenvalue weighted by atomic mass is 16.5. The van der Waals surface area contributed by atoms with E-state index >= 15 is 0 Å². The molecule has 114 valence electrons. The molecule has 5 heteroatoms. The average Bonchev–Trinajstić information content (AvgIpc) is 2.87. The molecule has 2 aromatic rings. The van der Waals surface area contributed by atoms with Gasteiger partial charge in [-0.15, -0.1) is 0 Å². The number of aryl methyl sites for hydroxylation is 1. The van der Waals surface area contributed by atoms with Gasteiger partial charge >= 0.3 is 0 Å². The number of rotatable bonds is 7. The van der Waals surface area contributed by atoms with E-state index in [2.05, 4.69) is 41.2 Å². The Hall–Kier alpha value is -1.75. The van der Waals surface area contributed by atoms with E-state index in [1.54, 1.807) is 6.20 Å². The van der Waals surface area contributed by atoms with Crippen LogP contribution in [-0.4, -0.2) is 27.7 Å². The van der Waals surface area contributed by atoms with Crippen LogP contribution in [0.15, 0.2) is 22.9 Å². The van der Waals surface area contributed by atoms with Gasteiger partial charge in [0, 0.05) is 18.7 Å². The molecule has 0 aliphatic rings. The van der Waals surface area contributed by atoms with Gasteiger partial charge in [0.25, 0.3) is 0 Å². The third-order valence-corrected chi connectivity index (χ3v) is 3.36. The van der Waals surface area contributed by atoms with Crippen molar-refractivity contribution in [3.05, 3.63) is 29.8 Å². The van der Waals surface area contributed by atoms with Crippen molar-refractivity contribution in [1.29, 1.82) is 0 Å². The molecule has 0 spiro atoms. The smallest absolute Gasteiger partial charge is 0.228 e. The molecule has 0 aliphatic heterocycles. The van der Waals surface area contributed by atoms with Crippen molar-refractivity contribution >= 4 is 0 Å². The number of pyridine rings is 1. The van der Waals surface area contributed by atoms with E-state index in [4.69, 9.17) is 4.52 Å². The average molecular weight is 288 g/mol. The van der Waals surface area contributed by atoms with Crippen molar-refractivity contribution in [2.75, 3.05) is 6.54 Å². The number of hydrogen-bond acceptors (Lipinski definition) is 5. The van der Waals surface area contributed by atoms with Gasteiger partial charge in [0.1, 0.15) is 5.69 Å². The molecule has 21 heavy (non-hydrogen) atoms. The maximum Gasteiger partial charge on any atom is 0.228 e. The quantitative estimate of drug-likeness (QED) is 0.848. The first kappa shape index (κ1) is 15.6. The fraction of sp³-hybridized carbons (Fsp3) is 0.562. The van der Waals surface area contributed by atoms with Crippen LogP contribution in [0, 0.1) is 12.8 Å². The summed E-state index contributed by atoms with van der Waals surface area (Å²) in [7, 11) is 0. The molecule has 0 fully saturated rings. The van der Waals surface area contributed by atoms with E-state index in [9.17, 15) is 0 Å². The van der Waals surface area contributed by atoms with Crippen LogP contribution in [0.3, 0.4) is 0 Å². The monoisotopic (exact) mass is 288 g/mol. The van der Waals surface area contributed by atoms with E-state index in [1.807, 2.05) is 19.1 Å². The van der Waals surface area contributed by atoms with Crippen LogP contribution < -0.4 is 5.32 Å². The first-order valence-corrected chi connectivity index (χ1v) is 7.58. The summed E-state index contributed by atoms with van der Waals surface area (Å²) in [6.45, 7) is 9.50. The van der Waals surface area contributed by atoms with Gasteiger partial charge in [-0.3, -0.25) is 4.98 Å². The molecular formula is C16H24N4O. The summed E-state index contributed by atoms with van der Waals surface area (Å²) in [4.78, 5) is 8.82. The van der Waals surface area contributed by atoms with Crippen molar-refractivity contribution in [1.82, 2.24) is 20.4 Å². The third-order valence-electron chi connectivity index (χ3n) is 3.36. The summed E-state index contributed by atoms with van der Waals surface area (Å²) < 4.78 is 5.39. The minimum Gasteiger partial charge on any atom is -0.339 e. The minimum absolute atomic E-state index is 0.369. The molecule has 0 bridgehead atoms. The largest absolute Gasteiger partial charge is 0.339 e. The summed E-state index contributed by atoms with van der Waals surface area (Å²) in [5.74, 6) is 1.87. The fourth-order valence-corrected chi connectivity index (χ4v) is 2.46. The number of nitrogens with zero attached hydrogens (tertiary/aromatic N) is 3. The lowest BCUT2D eigenvalue weighted by atomic mass is 10.0. The van der Waals surface area contributed by atoms with Crippen molar-refractivity contribution in [3.63, 3.8) is 0 Å². The van der Waals surface area contributed by atoms with E-state index in [-0.39, 0.29) is 0 Å². The minimum atomic E-state index is 0.369. The van der Waals surface area contributed by atoms with Gasteiger partial charge in [-0.2, -0.15) is 4.98 Å². The highest BCUT2D eigenvalue weighted by molar-refractivity contribution is 5.53. The van der Waals surface area contributed by atoms with Crippen LogP contribution in [0.2, 0.25) is 0 Å². The molecule has 0 amide bonds. The van der Waals surface area contributed by atoms with Gasteiger partial charge in [0.05, 0.1) is 0 Å². The van der Waals surface area contributed by atoms with Gasteiger partial charge in [0.2, 0.25) is 11.7 Å². The fourth-order valence-electron chi connectivity index (χ4n) is 2.46. The van der Waals surface area contributed by atoms with Crippen LogP contribution in [0.4, 0.5) is 0 Å². The van der Waals surface area contributed by atoms with Crippen molar-refractivity contribution in [2.24, 2.45) is 5.92 Å². The molecule has 0 aliphatic carbocycles. The van der Waals surface area contributed by atoms with Gasteiger partial charge in [-0.05, 0) is 37.4 Å². The van der Waals surface area contributed by atoms with Gasteiger partial charge in [0.15, 0.2) is 0 Å². The second kappa shape index (κ2) is 7.31. The van der Waals surface area contributed by atoms with Crippen molar-refractivity contribution in [3.8, 4) is 11.5 Å². The lowest BCUT2D eigenvalue weighted by molar-refractivity contribution is 0.340. The third kappa shape index (κ3) is 4.36. The van der Waals surface area contributed by atoms with Gasteiger partial charge in [-0.25, -0.2) is 0 Å². The first-order chi connectivity index (χ1) is 10.1. The molecule has 0 saturated carbocycles. The predicted octanol–water partition coefficient (Wildman–Crippen LogP) is 3.01. The van der Waals surface area contributed by atoms with Crippen LogP contribution in [0.25, 0.3) is 11.5 Å². The van der Waals surface area contributed by atoms with E-state index in [1.165, 1.54) is 0 Å². The van der Waals surface area contributed by atoms with Crippen LogP contribution in [0.1, 0.15) is 38.6 Å². The van der Waals surface area contributed by atoms with E-state index in [0.29, 0.717) is 23.7 Å². The molecule has 2 heterocycles. The Bertz CT molecular complexity index is 565. The SMILES string of the molecule is CCNC(Cc1nc(-c2ncccc2C)no1)CC(C)C. The lowest BCUT2D eigenvalue weighted by Crippen LogP contribution is -2.32. The maximum absolute atomic E-state index is 5.39. The Labute approximate surface area is 126 Å². The van der Waals surface area contributed by atoms with Crippen molar-refractivity contribution in [2.45, 2.75) is 46.6 Å². The Morgan fingerprint density at radius 2 is 2.14 bits per heavy atom. The molecule has 2 aromatic heterocycles. The van der Waals surface area contributed by atoms with Gasteiger partial charge < -0.3 is 9.84 Å². The zero-order valence-corrected chi connectivity index (χ0v) is 13.3. The number of likely N-dealkylation sites (N-methyl/N-ethyl adjacent to an activating group) is 1. The van der Waals surface area contributed by atoms with Crippen LogP contribution >= 0.6 is 0 Å². The molecule has 0 aromatic carbocycles. The summed E-state index contributed by atoms with van der Waals surface area (Å²) in [5.41, 5.74) is 1.84. The normalized spacial score (nSPS) is 12.8. The molecular weight excluding hydrogens is 264 g/mol. The molecule has 0 saturated heterocycles. The Kier molecular flexibility index (Phi) is 5.44. The Morgan fingerprint density at radius 3 is 2.81 bits per heavy atom. The summed E-state index contributed by atoms with van der Waals surface area (Å²) in [6, 6.07) is 4.27. The zero-order chi connectivity index (χ0) is 15.2. The van der Waals surface area contributed by atoms with Crippen molar-refractivity contribution < 1.29 is 4.52 Å². The van der Waals surface area contributed by atoms with Crippen LogP contribution in [-0.2, 0) is 6.42 Å². The van der Waals surface area contributed by atoms with E-state index < -0.39 is 0 Å². The molecule has 0 radical (unpaired) electrons. The van der Waals surface area contributed by atoms with Crippen LogP contribution in [0.5, 0.6) is 0 Å². The highest BCUT2D eigenvalue weighted by Gasteiger charge is 2.17. The second-order valence-corrected chi connectivity index (χ2v) is 5.77. The Morgan fingerprint density at radius 1 is 1.33 bits per heavy atom. The molecule has 1 unspecified atom stereocenters. The second-order valence-electron chi connectivity index (χ2n) is 5.77. The number of hydrogen-bond donors (Lipinski definition) is 1. The molecule has 5 nitrogen and oxygen atoms in total. The predicted molar refractivity (Wildman–Crippen MR) is 82.9 cm³/mol. The summed E-state index contributed by atoms with van der Waals surface area (Å²) in [6.07, 6.45) is 3.59. The first-order valence-electron chi connectivity index (χ1n) is 7.58. The number of nitrogens with one attached hydrogen (secondary N) is 1. The summed E-state index contributed by atoms with van der Waals surface area (Å²) >= 11 is 0. The lowest BCUT2D eigenvalue weighted by Gasteiger charge is -2.17. The number of aromatic nitrogens is 3. The Balaban J connectivity index is 2.10. The maximum atomic E-state index is 5.39. The van der Waals surface area contributed by atoms with Gasteiger partial charge in [-0.1, -0.05) is 32.0 Å². The highest BCUT2D eigenvalue weighted by Crippen LogP contribution is 2.18. The van der Waals surface area contributed by atoms with E-state index in [0.717, 1.165) is 30.6 Å². The molecule has 1 N–H and O–H groups in total. The molecule has 1 atom stereocenters. The molecule has 2 rings (SSSR count). The summed E-state index contributed by atoms with van der Waals surface area (Å²) in [5, 5.41) is 7.54. The standard InChI is InChI=1S/C16H24N4O/c1-5-17-13(9-11(2)3)10-14-19-16(20-21-14)15-12(4)7-6-8-18-15/h6-8,11,13,17H,5,9-10H2,1-4H3. The zero-order valence-electron chi connectivity index (χ0n) is 13.3. The topological polar surface area (TPSA) is 63.8 Å².